The van der Waals surface area contributed by atoms with Crippen molar-refractivity contribution in [2.24, 2.45) is 0 Å². The number of aromatic nitrogens is 2. The summed E-state index contributed by atoms with van der Waals surface area (Å²) in [6.07, 6.45) is 4.39. The number of ether oxygens (including phenoxy) is 1. The molecule has 2 heterocycles. The van der Waals surface area contributed by atoms with E-state index >= 15 is 0 Å². The molecular weight excluding hydrogens is 308 g/mol. The van der Waals surface area contributed by atoms with Crippen molar-refractivity contribution in [2.75, 3.05) is 19.7 Å². The van der Waals surface area contributed by atoms with E-state index in [1.54, 1.807) is 42.4 Å². The third-order valence-electron chi connectivity index (χ3n) is 4.09. The maximum Gasteiger partial charge on any atom is 0.409 e. The molecule has 2 amide bonds. The molecule has 1 aromatic carbocycles. The van der Waals surface area contributed by atoms with Crippen molar-refractivity contribution in [3.05, 3.63) is 36.2 Å². The van der Waals surface area contributed by atoms with Crippen LogP contribution in [0.15, 0.2) is 30.6 Å². The fourth-order valence-corrected chi connectivity index (χ4v) is 2.79. The van der Waals surface area contributed by atoms with Crippen molar-refractivity contribution in [3.63, 3.8) is 0 Å². The number of piperidine rings is 1. The van der Waals surface area contributed by atoms with Gasteiger partial charge in [0, 0.05) is 37.1 Å². The Bertz CT molecular complexity index is 741. The molecule has 7 nitrogen and oxygen atoms in total. The number of benzene rings is 1. The van der Waals surface area contributed by atoms with Crippen LogP contribution in [0.25, 0.3) is 11.0 Å². The molecule has 3 rings (SSSR count). The molecule has 24 heavy (non-hydrogen) atoms. The predicted octanol–water partition coefficient (Wildman–Crippen LogP) is 1.98. The molecular formula is C17H20N4O3. The summed E-state index contributed by atoms with van der Waals surface area (Å²) in [6, 6.07) is 5.34. The van der Waals surface area contributed by atoms with Crippen molar-refractivity contribution in [1.29, 1.82) is 0 Å². The molecule has 0 unspecified atom stereocenters. The lowest BCUT2D eigenvalue weighted by atomic mass is 10.0. The number of carbonyl (C=O) groups excluding carboxylic acids is 2. The second-order valence-electron chi connectivity index (χ2n) is 5.69. The van der Waals surface area contributed by atoms with E-state index in [4.69, 9.17) is 4.74 Å². The van der Waals surface area contributed by atoms with Crippen molar-refractivity contribution in [3.8, 4) is 0 Å². The van der Waals surface area contributed by atoms with Gasteiger partial charge in [-0.05, 0) is 38.0 Å². The zero-order valence-corrected chi connectivity index (χ0v) is 13.6. The highest BCUT2D eigenvalue weighted by atomic mass is 16.6. The molecule has 0 aliphatic carbocycles. The molecule has 0 atom stereocenters. The number of rotatable bonds is 3. The number of hydrogen-bond acceptors (Lipinski definition) is 5. The van der Waals surface area contributed by atoms with Gasteiger partial charge >= 0.3 is 6.09 Å². The minimum atomic E-state index is -0.282. The van der Waals surface area contributed by atoms with Gasteiger partial charge in [0.2, 0.25) is 0 Å². The summed E-state index contributed by atoms with van der Waals surface area (Å²) in [7, 11) is 0. The van der Waals surface area contributed by atoms with Crippen LogP contribution in [0.3, 0.4) is 0 Å². The average molecular weight is 328 g/mol. The average Bonchev–Trinajstić information content (AvgIpc) is 2.62. The molecule has 7 heteroatoms. The van der Waals surface area contributed by atoms with Gasteiger partial charge in [0.1, 0.15) is 0 Å². The minimum absolute atomic E-state index is 0.0562. The van der Waals surface area contributed by atoms with Gasteiger partial charge in [-0.25, -0.2) is 4.79 Å². The SMILES string of the molecule is CCOC(=O)N1CCC(NC(=O)c2ccc3nccnc3c2)CC1. The topological polar surface area (TPSA) is 84.4 Å². The molecule has 0 radical (unpaired) electrons. The maximum absolute atomic E-state index is 12.4. The summed E-state index contributed by atoms with van der Waals surface area (Å²) in [6.45, 7) is 3.35. The van der Waals surface area contributed by atoms with E-state index in [2.05, 4.69) is 15.3 Å². The molecule has 1 N–H and O–H groups in total. The van der Waals surface area contributed by atoms with Gasteiger partial charge < -0.3 is 15.0 Å². The van der Waals surface area contributed by atoms with E-state index in [9.17, 15) is 9.59 Å². The molecule has 0 spiro atoms. The van der Waals surface area contributed by atoms with Gasteiger partial charge in [0.25, 0.3) is 5.91 Å². The minimum Gasteiger partial charge on any atom is -0.450 e. The summed E-state index contributed by atoms with van der Waals surface area (Å²) >= 11 is 0. The van der Waals surface area contributed by atoms with Crippen LogP contribution in [0, 0.1) is 0 Å². The quantitative estimate of drug-likeness (QED) is 0.931. The van der Waals surface area contributed by atoms with Crippen LogP contribution in [0.1, 0.15) is 30.1 Å². The summed E-state index contributed by atoms with van der Waals surface area (Å²) in [5.74, 6) is -0.128. The first-order valence-corrected chi connectivity index (χ1v) is 8.10. The number of likely N-dealkylation sites (tertiary alicyclic amines) is 1. The van der Waals surface area contributed by atoms with Crippen LogP contribution in [0.4, 0.5) is 4.79 Å². The van der Waals surface area contributed by atoms with Gasteiger partial charge in [-0.15, -0.1) is 0 Å². The van der Waals surface area contributed by atoms with Crippen LogP contribution >= 0.6 is 0 Å². The monoisotopic (exact) mass is 328 g/mol. The number of amides is 2. The van der Waals surface area contributed by atoms with E-state index in [1.165, 1.54) is 0 Å². The lowest BCUT2D eigenvalue weighted by Gasteiger charge is -2.31. The molecule has 2 aromatic rings. The fourth-order valence-electron chi connectivity index (χ4n) is 2.79. The van der Waals surface area contributed by atoms with Crippen LogP contribution in [0.5, 0.6) is 0 Å². The Hall–Kier alpha value is -2.70. The Morgan fingerprint density at radius 2 is 1.92 bits per heavy atom. The largest absolute Gasteiger partial charge is 0.450 e. The Morgan fingerprint density at radius 1 is 1.21 bits per heavy atom. The van der Waals surface area contributed by atoms with Crippen molar-refractivity contribution in [2.45, 2.75) is 25.8 Å². The first kappa shape index (κ1) is 16.2. The predicted molar refractivity (Wildman–Crippen MR) is 88.6 cm³/mol. The van der Waals surface area contributed by atoms with E-state index < -0.39 is 0 Å². The van der Waals surface area contributed by atoms with Crippen molar-refractivity contribution in [1.82, 2.24) is 20.2 Å². The van der Waals surface area contributed by atoms with E-state index in [-0.39, 0.29) is 18.0 Å². The van der Waals surface area contributed by atoms with Gasteiger partial charge in [-0.2, -0.15) is 0 Å². The summed E-state index contributed by atoms with van der Waals surface area (Å²) in [5, 5.41) is 3.03. The fraction of sp³-hybridized carbons (Fsp3) is 0.412. The Labute approximate surface area is 140 Å². The van der Waals surface area contributed by atoms with E-state index in [1.807, 2.05) is 0 Å². The highest BCUT2D eigenvalue weighted by molar-refractivity contribution is 5.97. The van der Waals surface area contributed by atoms with E-state index in [0.717, 1.165) is 18.4 Å². The lowest BCUT2D eigenvalue weighted by molar-refractivity contribution is 0.0860. The Morgan fingerprint density at radius 3 is 2.62 bits per heavy atom. The normalized spacial score (nSPS) is 15.3. The number of carbonyl (C=O) groups is 2. The second kappa shape index (κ2) is 7.25. The van der Waals surface area contributed by atoms with Gasteiger partial charge in [0.15, 0.2) is 0 Å². The van der Waals surface area contributed by atoms with Crippen LogP contribution < -0.4 is 5.32 Å². The summed E-state index contributed by atoms with van der Waals surface area (Å²) in [4.78, 5) is 34.2. The standard InChI is InChI=1S/C17H20N4O3/c1-2-24-17(23)21-9-5-13(6-10-21)20-16(22)12-3-4-14-15(11-12)19-8-7-18-14/h3-4,7-8,11,13H,2,5-6,9-10H2,1H3,(H,20,22). The van der Waals surface area contributed by atoms with Crippen molar-refractivity contribution >= 4 is 23.0 Å². The van der Waals surface area contributed by atoms with E-state index in [0.29, 0.717) is 30.8 Å². The number of nitrogens with one attached hydrogen (secondary N) is 1. The molecule has 1 fully saturated rings. The summed E-state index contributed by atoms with van der Waals surface area (Å²) < 4.78 is 4.99. The molecule has 0 bridgehead atoms. The van der Waals surface area contributed by atoms with Crippen LogP contribution in [0.2, 0.25) is 0 Å². The smallest absolute Gasteiger partial charge is 0.409 e. The highest BCUT2D eigenvalue weighted by Crippen LogP contribution is 2.14. The molecule has 1 saturated heterocycles. The molecule has 1 aliphatic rings. The van der Waals surface area contributed by atoms with Gasteiger partial charge in [-0.1, -0.05) is 0 Å². The molecule has 1 aromatic heterocycles. The molecule has 1 aliphatic heterocycles. The second-order valence-corrected chi connectivity index (χ2v) is 5.69. The maximum atomic E-state index is 12.4. The highest BCUT2D eigenvalue weighted by Gasteiger charge is 2.24. The molecule has 0 saturated carbocycles. The third kappa shape index (κ3) is 3.61. The number of fused-ring (bicyclic) bond motifs is 1. The lowest BCUT2D eigenvalue weighted by Crippen LogP contribution is -2.46. The summed E-state index contributed by atoms with van der Waals surface area (Å²) in [5.41, 5.74) is 2.02. The Kier molecular flexibility index (Phi) is 4.88. The van der Waals surface area contributed by atoms with Gasteiger partial charge in [0.05, 0.1) is 17.6 Å². The zero-order valence-electron chi connectivity index (χ0n) is 13.6. The van der Waals surface area contributed by atoms with Crippen molar-refractivity contribution < 1.29 is 14.3 Å². The van der Waals surface area contributed by atoms with Gasteiger partial charge in [-0.3, -0.25) is 14.8 Å². The van der Waals surface area contributed by atoms with Crippen LogP contribution in [-0.4, -0.2) is 52.6 Å². The molecule has 126 valence electrons. The van der Waals surface area contributed by atoms with Crippen LogP contribution in [-0.2, 0) is 4.74 Å². The zero-order chi connectivity index (χ0) is 16.9. The first-order valence-electron chi connectivity index (χ1n) is 8.10. The first-order chi connectivity index (χ1) is 11.7. The third-order valence-corrected chi connectivity index (χ3v) is 4.09. The number of hydrogen-bond donors (Lipinski definition) is 1. The Balaban J connectivity index is 1.58. The number of nitrogens with zero attached hydrogens (tertiary/aromatic N) is 3.